The average Bonchev–Trinajstić information content (AvgIpc) is 2.71. The lowest BCUT2D eigenvalue weighted by Crippen LogP contribution is -2.19. The van der Waals surface area contributed by atoms with Crippen molar-refractivity contribution < 1.29 is 18.3 Å². The van der Waals surface area contributed by atoms with Crippen LogP contribution in [0, 0.1) is 5.92 Å². The van der Waals surface area contributed by atoms with Gasteiger partial charge in [0.05, 0.1) is 4.88 Å². The quantitative estimate of drug-likeness (QED) is 0.831. The van der Waals surface area contributed by atoms with E-state index in [0.29, 0.717) is 35.0 Å². The van der Waals surface area contributed by atoms with Crippen molar-refractivity contribution in [2.24, 2.45) is 5.92 Å². The Morgan fingerprint density at radius 1 is 1.56 bits per heavy atom. The molecule has 1 aliphatic carbocycles. The smallest absolute Gasteiger partial charge is 0.384 e. The molecular weight excluding hydrogens is 239 g/mol. The Bertz CT molecular complexity index is 390. The van der Waals surface area contributed by atoms with E-state index in [4.69, 9.17) is 0 Å². The van der Waals surface area contributed by atoms with Gasteiger partial charge in [-0.25, -0.2) is 4.98 Å². The maximum atomic E-state index is 12.4. The van der Waals surface area contributed by atoms with E-state index in [1.54, 1.807) is 0 Å². The first-order chi connectivity index (χ1) is 7.31. The molecule has 0 saturated heterocycles. The molecule has 0 spiro atoms. The van der Waals surface area contributed by atoms with Crippen molar-refractivity contribution in [1.82, 2.24) is 4.98 Å². The lowest BCUT2D eigenvalue weighted by molar-refractivity contribution is -0.137. The van der Waals surface area contributed by atoms with Gasteiger partial charge < -0.3 is 5.11 Å². The molecule has 1 aromatic heterocycles. The highest BCUT2D eigenvalue weighted by molar-refractivity contribution is 7.11. The van der Waals surface area contributed by atoms with E-state index in [-0.39, 0.29) is 0 Å². The average molecular weight is 251 g/mol. The van der Waals surface area contributed by atoms with Crippen molar-refractivity contribution >= 4 is 11.3 Å². The Morgan fingerprint density at radius 2 is 2.25 bits per heavy atom. The fourth-order valence-electron chi connectivity index (χ4n) is 2.11. The van der Waals surface area contributed by atoms with E-state index < -0.39 is 16.8 Å². The number of halogens is 3. The topological polar surface area (TPSA) is 33.1 Å². The molecule has 1 N–H and O–H groups in total. The standard InChI is InChI=1S/C10H12F3NOS/c1-6-2-3-9(15,4-6)7-5-14-8(16-7)10(11,12)13/h5-6,15H,2-4H2,1H3. The summed E-state index contributed by atoms with van der Waals surface area (Å²) in [5, 5.41) is 9.34. The minimum atomic E-state index is -4.41. The Hall–Kier alpha value is -0.620. The van der Waals surface area contributed by atoms with Crippen LogP contribution < -0.4 is 0 Å². The van der Waals surface area contributed by atoms with Crippen LogP contribution in [0.2, 0.25) is 0 Å². The van der Waals surface area contributed by atoms with E-state index in [1.807, 2.05) is 6.92 Å². The second kappa shape index (κ2) is 3.70. The molecule has 0 aromatic carbocycles. The first-order valence-electron chi connectivity index (χ1n) is 5.07. The van der Waals surface area contributed by atoms with Crippen LogP contribution in [0.5, 0.6) is 0 Å². The molecule has 1 aromatic rings. The number of nitrogens with zero attached hydrogens (tertiary/aromatic N) is 1. The molecule has 16 heavy (non-hydrogen) atoms. The molecule has 1 saturated carbocycles. The van der Waals surface area contributed by atoms with Gasteiger partial charge in [0.2, 0.25) is 0 Å². The molecule has 0 aliphatic heterocycles. The first-order valence-corrected chi connectivity index (χ1v) is 5.89. The summed E-state index contributed by atoms with van der Waals surface area (Å²) in [7, 11) is 0. The number of thiazole rings is 1. The van der Waals surface area contributed by atoms with Gasteiger partial charge in [-0.3, -0.25) is 0 Å². The summed E-state index contributed by atoms with van der Waals surface area (Å²) in [5.41, 5.74) is -1.10. The van der Waals surface area contributed by atoms with Gasteiger partial charge in [-0.05, 0) is 25.2 Å². The molecule has 2 nitrogen and oxygen atoms in total. The number of aromatic nitrogens is 1. The van der Waals surface area contributed by atoms with Crippen LogP contribution in [0.4, 0.5) is 13.2 Å². The zero-order valence-electron chi connectivity index (χ0n) is 8.71. The van der Waals surface area contributed by atoms with Crippen molar-refractivity contribution in [3.05, 3.63) is 16.1 Å². The van der Waals surface area contributed by atoms with Gasteiger partial charge in [-0.1, -0.05) is 6.92 Å². The largest absolute Gasteiger partial charge is 0.443 e. The van der Waals surface area contributed by atoms with Crippen LogP contribution in [-0.2, 0) is 11.8 Å². The minimum Gasteiger partial charge on any atom is -0.384 e. The summed E-state index contributed by atoms with van der Waals surface area (Å²) in [4.78, 5) is 3.67. The highest BCUT2D eigenvalue weighted by Crippen LogP contribution is 2.45. The summed E-state index contributed by atoms with van der Waals surface area (Å²) >= 11 is 0.552. The van der Waals surface area contributed by atoms with Crippen LogP contribution in [0.25, 0.3) is 0 Å². The molecule has 0 radical (unpaired) electrons. The molecule has 0 bridgehead atoms. The Labute approximate surface area is 95.1 Å². The summed E-state index contributed by atoms with van der Waals surface area (Å²) in [6.07, 6.45) is -1.37. The van der Waals surface area contributed by atoms with Gasteiger partial charge in [0, 0.05) is 6.20 Å². The number of alkyl halides is 3. The van der Waals surface area contributed by atoms with Crippen LogP contribution in [0.1, 0.15) is 36.1 Å². The lowest BCUT2D eigenvalue weighted by Gasteiger charge is -2.19. The molecule has 0 amide bonds. The molecular formula is C10H12F3NOS. The van der Waals surface area contributed by atoms with Gasteiger partial charge >= 0.3 is 6.18 Å². The minimum absolute atomic E-state index is 0.337. The maximum Gasteiger partial charge on any atom is 0.443 e. The zero-order valence-corrected chi connectivity index (χ0v) is 9.53. The predicted octanol–water partition coefficient (Wildman–Crippen LogP) is 3.17. The Kier molecular flexibility index (Phi) is 2.74. The van der Waals surface area contributed by atoms with Crippen LogP contribution in [0.15, 0.2) is 6.20 Å². The van der Waals surface area contributed by atoms with E-state index in [1.165, 1.54) is 0 Å². The van der Waals surface area contributed by atoms with Crippen molar-refractivity contribution in [1.29, 1.82) is 0 Å². The third kappa shape index (κ3) is 2.08. The molecule has 2 atom stereocenters. The van der Waals surface area contributed by atoms with E-state index >= 15 is 0 Å². The molecule has 6 heteroatoms. The number of aliphatic hydroxyl groups is 1. The number of rotatable bonds is 1. The van der Waals surface area contributed by atoms with Gasteiger partial charge in [-0.2, -0.15) is 13.2 Å². The summed E-state index contributed by atoms with van der Waals surface area (Å²) in [6.45, 7) is 1.99. The van der Waals surface area contributed by atoms with Crippen molar-refractivity contribution in [2.75, 3.05) is 0 Å². The second-order valence-corrected chi connectivity index (χ2v) is 5.44. The number of hydrogen-bond donors (Lipinski definition) is 1. The number of hydrogen-bond acceptors (Lipinski definition) is 3. The van der Waals surface area contributed by atoms with E-state index in [2.05, 4.69) is 4.98 Å². The molecule has 1 fully saturated rings. The van der Waals surface area contributed by atoms with Crippen molar-refractivity contribution in [3.8, 4) is 0 Å². The summed E-state index contributed by atoms with van der Waals surface area (Å²) in [6, 6.07) is 0. The molecule has 1 heterocycles. The van der Waals surface area contributed by atoms with Crippen LogP contribution in [-0.4, -0.2) is 10.1 Å². The highest BCUT2D eigenvalue weighted by Gasteiger charge is 2.41. The summed E-state index contributed by atoms with van der Waals surface area (Å²) in [5.74, 6) is 0.349. The molecule has 90 valence electrons. The first kappa shape index (κ1) is 11.9. The molecule has 2 unspecified atom stereocenters. The van der Waals surface area contributed by atoms with Gasteiger partial charge in [0.1, 0.15) is 5.60 Å². The van der Waals surface area contributed by atoms with E-state index in [9.17, 15) is 18.3 Å². The summed E-state index contributed by atoms with van der Waals surface area (Å²) < 4.78 is 37.1. The monoisotopic (exact) mass is 251 g/mol. The molecule has 1 aliphatic rings. The normalized spacial score (nSPS) is 30.9. The fraction of sp³-hybridized carbons (Fsp3) is 0.700. The van der Waals surface area contributed by atoms with Gasteiger partial charge in [0.25, 0.3) is 0 Å². The lowest BCUT2D eigenvalue weighted by atomic mass is 10.00. The third-order valence-corrected chi connectivity index (χ3v) is 4.18. The van der Waals surface area contributed by atoms with Crippen molar-refractivity contribution in [2.45, 2.75) is 38.0 Å². The predicted molar refractivity (Wildman–Crippen MR) is 54.0 cm³/mol. The van der Waals surface area contributed by atoms with Gasteiger partial charge in [-0.15, -0.1) is 11.3 Å². The second-order valence-electron chi connectivity index (χ2n) is 4.41. The highest BCUT2D eigenvalue weighted by atomic mass is 32.1. The van der Waals surface area contributed by atoms with Crippen molar-refractivity contribution in [3.63, 3.8) is 0 Å². The third-order valence-electron chi connectivity index (χ3n) is 2.94. The van der Waals surface area contributed by atoms with Gasteiger partial charge in [0.15, 0.2) is 5.01 Å². The molecule has 2 rings (SSSR count). The Morgan fingerprint density at radius 3 is 2.69 bits per heavy atom. The van der Waals surface area contributed by atoms with E-state index in [0.717, 1.165) is 12.6 Å². The zero-order chi connectivity index (χ0) is 12.0. The fourth-order valence-corrected chi connectivity index (χ4v) is 3.02. The Balaban J connectivity index is 2.25. The SMILES string of the molecule is CC1CCC(O)(c2cnc(C(F)(F)F)s2)C1. The van der Waals surface area contributed by atoms with Crippen LogP contribution in [0.3, 0.4) is 0 Å². The maximum absolute atomic E-state index is 12.4. The van der Waals surface area contributed by atoms with Crippen LogP contribution >= 0.6 is 11.3 Å².